The molecule has 0 aliphatic heterocycles. The zero-order valence-corrected chi connectivity index (χ0v) is 9.20. The summed E-state index contributed by atoms with van der Waals surface area (Å²) in [4.78, 5) is 33.2. The topological polar surface area (TPSA) is 133 Å². The number of nitrogens with zero attached hydrogens (tertiary/aromatic N) is 2. The van der Waals surface area contributed by atoms with Crippen LogP contribution in [-0.4, -0.2) is 51.3 Å². The lowest BCUT2D eigenvalue weighted by Gasteiger charge is -2.18. The van der Waals surface area contributed by atoms with Gasteiger partial charge in [0, 0.05) is 6.07 Å². The summed E-state index contributed by atoms with van der Waals surface area (Å²) >= 11 is 0. The van der Waals surface area contributed by atoms with Gasteiger partial charge in [0.1, 0.15) is 25.0 Å². The molecule has 0 atom stereocenters. The molecule has 98 valence electrons. The van der Waals surface area contributed by atoms with Crippen LogP contribution < -0.4 is 5.32 Å². The first-order valence-electron chi connectivity index (χ1n) is 4.84. The Hall–Kier alpha value is -2.58. The summed E-state index contributed by atoms with van der Waals surface area (Å²) in [5.74, 6) is -2.60. The van der Waals surface area contributed by atoms with Gasteiger partial charge in [0.05, 0.1) is 6.54 Å². The zero-order valence-electron chi connectivity index (χ0n) is 9.20. The number of amides is 2. The second kappa shape index (κ2) is 6.23. The van der Waals surface area contributed by atoms with E-state index >= 15 is 0 Å². The molecule has 0 radical (unpaired) electrons. The number of hydrogen-bond acceptors (Lipinski definition) is 5. The maximum atomic E-state index is 11.5. The quantitative estimate of drug-likeness (QED) is 0.616. The molecule has 1 aromatic rings. The normalized spacial score (nSPS) is 9.78. The zero-order chi connectivity index (χ0) is 13.5. The molecule has 0 fully saturated rings. The van der Waals surface area contributed by atoms with Crippen molar-refractivity contribution < 1.29 is 29.1 Å². The number of carbonyl (C=O) groups excluding carboxylic acids is 1. The first-order valence-corrected chi connectivity index (χ1v) is 4.84. The van der Waals surface area contributed by atoms with Crippen molar-refractivity contribution in [1.29, 1.82) is 0 Å². The highest BCUT2D eigenvalue weighted by atomic mass is 16.5. The van der Waals surface area contributed by atoms with E-state index in [9.17, 15) is 14.4 Å². The molecular weight excluding hydrogens is 246 g/mol. The van der Waals surface area contributed by atoms with Crippen molar-refractivity contribution in [2.75, 3.05) is 13.1 Å². The minimum Gasteiger partial charge on any atom is -0.480 e. The van der Waals surface area contributed by atoms with Crippen molar-refractivity contribution in [1.82, 2.24) is 15.4 Å². The van der Waals surface area contributed by atoms with Crippen molar-refractivity contribution in [2.24, 2.45) is 0 Å². The summed E-state index contributed by atoms with van der Waals surface area (Å²) in [7, 11) is 0. The van der Waals surface area contributed by atoms with Crippen LogP contribution in [0.2, 0.25) is 0 Å². The first-order chi connectivity index (χ1) is 8.49. The van der Waals surface area contributed by atoms with Crippen LogP contribution in [0, 0.1) is 0 Å². The van der Waals surface area contributed by atoms with E-state index in [1.54, 1.807) is 0 Å². The lowest BCUT2D eigenvalue weighted by Crippen LogP contribution is -2.45. The van der Waals surface area contributed by atoms with Gasteiger partial charge in [-0.3, -0.25) is 9.59 Å². The van der Waals surface area contributed by atoms with Crippen molar-refractivity contribution in [3.05, 3.63) is 18.0 Å². The molecule has 0 aromatic carbocycles. The molecule has 1 rings (SSSR count). The monoisotopic (exact) mass is 257 g/mol. The van der Waals surface area contributed by atoms with E-state index < -0.39 is 31.1 Å². The molecule has 1 heterocycles. The van der Waals surface area contributed by atoms with Gasteiger partial charge in [-0.1, -0.05) is 5.16 Å². The summed E-state index contributed by atoms with van der Waals surface area (Å²) in [5.41, 5.74) is 0.439. The molecule has 18 heavy (non-hydrogen) atoms. The van der Waals surface area contributed by atoms with Gasteiger partial charge in [0.15, 0.2) is 0 Å². The van der Waals surface area contributed by atoms with Gasteiger partial charge < -0.3 is 25.0 Å². The molecule has 0 spiro atoms. The number of carboxylic acid groups (broad SMARTS) is 2. The second-order valence-electron chi connectivity index (χ2n) is 3.29. The van der Waals surface area contributed by atoms with E-state index in [4.69, 9.17) is 10.2 Å². The number of carbonyl (C=O) groups is 3. The van der Waals surface area contributed by atoms with E-state index in [-0.39, 0.29) is 6.54 Å². The number of nitrogens with one attached hydrogen (secondary N) is 1. The van der Waals surface area contributed by atoms with E-state index in [1.807, 2.05) is 0 Å². The Labute approximate surface area is 101 Å². The maximum absolute atomic E-state index is 11.5. The average molecular weight is 257 g/mol. The van der Waals surface area contributed by atoms with Gasteiger partial charge in [-0.05, 0) is 0 Å². The summed E-state index contributed by atoms with van der Waals surface area (Å²) in [6.45, 7) is -1.38. The SMILES string of the molecule is O=C(O)CN(CC(=O)O)C(=O)NCc1ccon1. The van der Waals surface area contributed by atoms with Gasteiger partial charge in [-0.25, -0.2) is 4.79 Å². The number of aromatic nitrogens is 1. The third-order valence-electron chi connectivity index (χ3n) is 1.85. The van der Waals surface area contributed by atoms with Crippen molar-refractivity contribution in [2.45, 2.75) is 6.54 Å². The molecule has 0 unspecified atom stereocenters. The molecule has 1 aromatic heterocycles. The average Bonchev–Trinajstić information content (AvgIpc) is 2.76. The third-order valence-corrected chi connectivity index (χ3v) is 1.85. The summed E-state index contributed by atoms with van der Waals surface area (Å²) in [6.07, 6.45) is 1.31. The van der Waals surface area contributed by atoms with Crippen LogP contribution in [0.25, 0.3) is 0 Å². The number of urea groups is 1. The predicted molar refractivity (Wildman–Crippen MR) is 55.6 cm³/mol. The van der Waals surface area contributed by atoms with Crippen LogP contribution in [0.4, 0.5) is 4.79 Å². The van der Waals surface area contributed by atoms with Gasteiger partial charge in [0.25, 0.3) is 0 Å². The first kappa shape index (κ1) is 13.5. The van der Waals surface area contributed by atoms with E-state index in [1.165, 1.54) is 12.3 Å². The van der Waals surface area contributed by atoms with Gasteiger partial charge >= 0.3 is 18.0 Å². The molecule has 0 saturated carbocycles. The van der Waals surface area contributed by atoms with Crippen LogP contribution in [0.1, 0.15) is 5.69 Å². The second-order valence-corrected chi connectivity index (χ2v) is 3.29. The minimum absolute atomic E-state index is 0.0189. The van der Waals surface area contributed by atoms with Crippen LogP contribution in [0.5, 0.6) is 0 Å². The molecule has 0 bridgehead atoms. The van der Waals surface area contributed by atoms with Crippen molar-refractivity contribution in [3.63, 3.8) is 0 Å². The molecule has 0 aliphatic carbocycles. The van der Waals surface area contributed by atoms with Crippen molar-refractivity contribution in [3.8, 4) is 0 Å². The Morgan fingerprint density at radius 3 is 2.33 bits per heavy atom. The van der Waals surface area contributed by atoms with E-state index in [0.29, 0.717) is 10.6 Å². The van der Waals surface area contributed by atoms with E-state index in [0.717, 1.165) is 0 Å². The fourth-order valence-corrected chi connectivity index (χ4v) is 1.13. The summed E-state index contributed by atoms with van der Waals surface area (Å²) in [6, 6.07) is 0.710. The molecule has 2 amide bonds. The van der Waals surface area contributed by atoms with Gasteiger partial charge in [-0.15, -0.1) is 0 Å². The fraction of sp³-hybridized carbons (Fsp3) is 0.333. The highest BCUT2D eigenvalue weighted by Gasteiger charge is 2.19. The highest BCUT2D eigenvalue weighted by Crippen LogP contribution is 1.95. The molecular formula is C9H11N3O6. The lowest BCUT2D eigenvalue weighted by atomic mass is 10.4. The Morgan fingerprint density at radius 1 is 1.28 bits per heavy atom. The Kier molecular flexibility index (Phi) is 4.67. The smallest absolute Gasteiger partial charge is 0.323 e. The number of carboxylic acids is 2. The van der Waals surface area contributed by atoms with Crippen LogP contribution >= 0.6 is 0 Å². The summed E-state index contributed by atoms with van der Waals surface area (Å²) in [5, 5.41) is 23.0. The molecule has 9 heteroatoms. The standard InChI is InChI=1S/C9H11N3O6/c13-7(14)4-12(5-8(15)16)9(17)10-3-6-1-2-18-11-6/h1-2H,3-5H2,(H,10,17)(H,13,14)(H,15,16). The predicted octanol–water partition coefficient (Wildman–Crippen LogP) is -0.645. The lowest BCUT2D eigenvalue weighted by molar-refractivity contribution is -0.140. The highest BCUT2D eigenvalue weighted by molar-refractivity contribution is 5.83. The Morgan fingerprint density at radius 2 is 1.89 bits per heavy atom. The fourth-order valence-electron chi connectivity index (χ4n) is 1.13. The largest absolute Gasteiger partial charge is 0.480 e. The molecule has 0 aliphatic rings. The molecule has 3 N–H and O–H groups in total. The van der Waals surface area contributed by atoms with Crippen LogP contribution in [0.15, 0.2) is 16.9 Å². The molecule has 0 saturated heterocycles. The Balaban J connectivity index is 2.52. The van der Waals surface area contributed by atoms with E-state index in [2.05, 4.69) is 15.0 Å². The summed E-state index contributed by atoms with van der Waals surface area (Å²) < 4.78 is 4.53. The van der Waals surface area contributed by atoms with Gasteiger partial charge in [-0.2, -0.15) is 0 Å². The Bertz CT molecular complexity index is 414. The minimum atomic E-state index is -1.30. The number of aliphatic carboxylic acids is 2. The van der Waals surface area contributed by atoms with Crippen molar-refractivity contribution >= 4 is 18.0 Å². The van der Waals surface area contributed by atoms with Crippen LogP contribution in [-0.2, 0) is 16.1 Å². The molecule has 9 nitrogen and oxygen atoms in total. The third kappa shape index (κ3) is 4.51. The number of hydrogen-bond donors (Lipinski definition) is 3. The number of rotatable bonds is 6. The van der Waals surface area contributed by atoms with Gasteiger partial charge in [0.2, 0.25) is 0 Å². The van der Waals surface area contributed by atoms with Crippen LogP contribution in [0.3, 0.4) is 0 Å². The maximum Gasteiger partial charge on any atom is 0.323 e.